The maximum atomic E-state index is 12.8. The van der Waals surface area contributed by atoms with Gasteiger partial charge in [-0.15, -0.1) is 0 Å². The fourth-order valence-corrected chi connectivity index (χ4v) is 2.88. The maximum Gasteiger partial charge on any atom is 0.312 e. The van der Waals surface area contributed by atoms with Crippen molar-refractivity contribution in [2.24, 2.45) is 16.2 Å². The summed E-state index contributed by atoms with van der Waals surface area (Å²) in [6.45, 7) is 15.0. The zero-order chi connectivity index (χ0) is 18.8. The van der Waals surface area contributed by atoms with Gasteiger partial charge in [-0.05, 0) is 41.9 Å². The minimum atomic E-state index is -0.556. The first-order chi connectivity index (χ1) is 10.8. The van der Waals surface area contributed by atoms with E-state index in [1.807, 2.05) is 6.92 Å². The average molecular weight is 335 g/mol. The zero-order valence-electron chi connectivity index (χ0n) is 16.2. The number of nitrogen functional groups attached to an aromatic ring is 1. The van der Waals surface area contributed by atoms with Gasteiger partial charge in [0.2, 0.25) is 0 Å². The summed E-state index contributed by atoms with van der Waals surface area (Å²) < 4.78 is 5.61. The molecule has 1 unspecified atom stereocenters. The third kappa shape index (κ3) is 5.15. The molecule has 4 heteroatoms. The number of aromatic hydroxyl groups is 1. The van der Waals surface area contributed by atoms with Gasteiger partial charge in [0.1, 0.15) is 5.75 Å². The molecular weight excluding hydrogens is 302 g/mol. The molecule has 1 atom stereocenters. The van der Waals surface area contributed by atoms with Crippen LogP contribution in [0.15, 0.2) is 18.2 Å². The normalized spacial score (nSPS) is 15.0. The molecule has 136 valence electrons. The Balaban J connectivity index is 2.77. The van der Waals surface area contributed by atoms with Crippen molar-refractivity contribution in [1.82, 2.24) is 0 Å². The molecule has 1 aromatic carbocycles. The summed E-state index contributed by atoms with van der Waals surface area (Å²) in [5.74, 6) is -0.0853. The summed E-state index contributed by atoms with van der Waals surface area (Å²) in [5, 5.41) is 9.45. The van der Waals surface area contributed by atoms with Crippen molar-refractivity contribution in [3.63, 3.8) is 0 Å². The van der Waals surface area contributed by atoms with Crippen LogP contribution in [0, 0.1) is 16.2 Å². The van der Waals surface area contributed by atoms with Gasteiger partial charge in [-0.1, -0.05) is 47.6 Å². The Hall–Kier alpha value is -1.71. The van der Waals surface area contributed by atoms with Gasteiger partial charge in [-0.25, -0.2) is 0 Å². The molecule has 0 radical (unpaired) electrons. The van der Waals surface area contributed by atoms with Gasteiger partial charge in [0.15, 0.2) is 0 Å². The minimum Gasteiger partial charge on any atom is -0.506 e. The van der Waals surface area contributed by atoms with Crippen LogP contribution in [-0.4, -0.2) is 17.7 Å². The molecule has 0 fully saturated rings. The largest absolute Gasteiger partial charge is 0.506 e. The van der Waals surface area contributed by atoms with Gasteiger partial charge in [-0.2, -0.15) is 0 Å². The molecule has 4 nitrogen and oxygen atoms in total. The van der Waals surface area contributed by atoms with E-state index in [0.717, 1.165) is 12.0 Å². The number of carbonyl (C=O) groups excluding carboxylic acids is 1. The molecule has 0 amide bonds. The summed E-state index contributed by atoms with van der Waals surface area (Å²) >= 11 is 0. The highest BCUT2D eigenvalue weighted by molar-refractivity contribution is 5.77. The molecule has 0 bridgehead atoms. The van der Waals surface area contributed by atoms with Gasteiger partial charge in [0, 0.05) is 6.42 Å². The fraction of sp³-hybridized carbons (Fsp3) is 0.650. The quantitative estimate of drug-likeness (QED) is 0.470. The Kier molecular flexibility index (Phi) is 5.96. The molecule has 0 aromatic heterocycles. The second kappa shape index (κ2) is 7.04. The molecule has 0 aliphatic rings. The number of anilines is 1. The highest BCUT2D eigenvalue weighted by Crippen LogP contribution is 2.47. The summed E-state index contributed by atoms with van der Waals surface area (Å²) in [4.78, 5) is 12.8. The smallest absolute Gasteiger partial charge is 0.312 e. The zero-order valence-corrected chi connectivity index (χ0v) is 16.2. The van der Waals surface area contributed by atoms with Crippen LogP contribution in [0.5, 0.6) is 5.75 Å². The van der Waals surface area contributed by atoms with Crippen molar-refractivity contribution in [1.29, 1.82) is 0 Å². The van der Waals surface area contributed by atoms with Gasteiger partial charge in [0.25, 0.3) is 0 Å². The molecular formula is C20H33NO3. The number of hydrogen-bond donors (Lipinski definition) is 2. The molecule has 0 saturated carbocycles. The molecule has 3 N–H and O–H groups in total. The molecule has 0 saturated heterocycles. The van der Waals surface area contributed by atoms with Crippen molar-refractivity contribution in [3.8, 4) is 5.75 Å². The number of rotatable bonds is 5. The number of benzene rings is 1. The Morgan fingerprint density at radius 2 is 1.71 bits per heavy atom. The van der Waals surface area contributed by atoms with E-state index in [1.54, 1.807) is 18.2 Å². The van der Waals surface area contributed by atoms with E-state index in [4.69, 9.17) is 10.5 Å². The lowest BCUT2D eigenvalue weighted by molar-refractivity contribution is -0.164. The number of nitrogens with two attached hydrogens (primary N) is 1. The lowest BCUT2D eigenvalue weighted by atomic mass is 9.61. The second-order valence-electron chi connectivity index (χ2n) is 9.10. The van der Waals surface area contributed by atoms with E-state index in [1.165, 1.54) is 0 Å². The summed E-state index contributed by atoms with van der Waals surface area (Å²) in [7, 11) is 0. The Morgan fingerprint density at radius 1 is 1.12 bits per heavy atom. The van der Waals surface area contributed by atoms with E-state index < -0.39 is 5.41 Å². The van der Waals surface area contributed by atoms with Crippen LogP contribution in [0.1, 0.15) is 60.5 Å². The van der Waals surface area contributed by atoms with Gasteiger partial charge >= 0.3 is 5.97 Å². The molecule has 1 rings (SSSR count). The summed E-state index contributed by atoms with van der Waals surface area (Å²) in [6, 6.07) is 5.06. The number of hydrogen-bond acceptors (Lipinski definition) is 4. The van der Waals surface area contributed by atoms with Crippen LogP contribution in [-0.2, 0) is 16.0 Å². The van der Waals surface area contributed by atoms with Crippen molar-refractivity contribution in [2.45, 2.75) is 61.3 Å². The van der Waals surface area contributed by atoms with Crippen LogP contribution < -0.4 is 5.73 Å². The van der Waals surface area contributed by atoms with Crippen LogP contribution in [0.2, 0.25) is 0 Å². The minimum absolute atomic E-state index is 0.0342. The Morgan fingerprint density at radius 3 is 2.17 bits per heavy atom. The van der Waals surface area contributed by atoms with E-state index in [-0.39, 0.29) is 22.5 Å². The summed E-state index contributed by atoms with van der Waals surface area (Å²) in [6.07, 6.45) is 1.33. The van der Waals surface area contributed by atoms with E-state index in [9.17, 15) is 9.90 Å². The third-order valence-corrected chi connectivity index (χ3v) is 4.71. The van der Waals surface area contributed by atoms with Crippen molar-refractivity contribution >= 4 is 11.7 Å². The van der Waals surface area contributed by atoms with E-state index in [2.05, 4.69) is 41.5 Å². The summed E-state index contributed by atoms with van der Waals surface area (Å²) in [5.41, 5.74) is 6.25. The van der Waals surface area contributed by atoms with E-state index >= 15 is 0 Å². The SMILES string of the molecule is CC(C)(C)CC(C)(C(=O)OCCc1ccc(O)c(N)c1)C(C)(C)C. The molecule has 0 aliphatic carbocycles. The van der Waals surface area contributed by atoms with E-state index in [0.29, 0.717) is 18.7 Å². The number of carbonyl (C=O) groups is 1. The van der Waals surface area contributed by atoms with Crippen molar-refractivity contribution in [2.75, 3.05) is 12.3 Å². The molecule has 0 spiro atoms. The van der Waals surface area contributed by atoms with Crippen molar-refractivity contribution < 1.29 is 14.6 Å². The van der Waals surface area contributed by atoms with Crippen LogP contribution in [0.25, 0.3) is 0 Å². The Bertz CT molecular complexity index is 582. The maximum absolute atomic E-state index is 12.8. The molecule has 24 heavy (non-hydrogen) atoms. The average Bonchev–Trinajstić information content (AvgIpc) is 2.39. The highest BCUT2D eigenvalue weighted by atomic mass is 16.5. The molecule has 0 heterocycles. The van der Waals surface area contributed by atoms with Gasteiger partial charge < -0.3 is 15.6 Å². The van der Waals surface area contributed by atoms with Gasteiger partial charge in [0.05, 0.1) is 17.7 Å². The van der Waals surface area contributed by atoms with Crippen LogP contribution in [0.3, 0.4) is 0 Å². The topological polar surface area (TPSA) is 72.5 Å². The van der Waals surface area contributed by atoms with Gasteiger partial charge in [-0.3, -0.25) is 4.79 Å². The number of phenolic OH excluding ortho intramolecular Hbond substituents is 1. The molecule has 1 aromatic rings. The fourth-order valence-electron chi connectivity index (χ4n) is 2.88. The number of phenols is 1. The Labute approximate surface area is 146 Å². The lowest BCUT2D eigenvalue weighted by Crippen LogP contribution is -2.44. The second-order valence-corrected chi connectivity index (χ2v) is 9.10. The van der Waals surface area contributed by atoms with Crippen molar-refractivity contribution in [3.05, 3.63) is 23.8 Å². The number of esters is 1. The first kappa shape index (κ1) is 20.3. The number of ether oxygens (including phenoxy) is 1. The predicted octanol–water partition coefficient (Wildman–Crippen LogP) is 4.55. The predicted molar refractivity (Wildman–Crippen MR) is 98.8 cm³/mol. The lowest BCUT2D eigenvalue weighted by Gasteiger charge is -2.43. The first-order valence-electron chi connectivity index (χ1n) is 8.51. The third-order valence-electron chi connectivity index (χ3n) is 4.71. The standard InChI is InChI=1S/C20H33NO3/c1-18(2,3)13-20(7,19(4,5)6)17(23)24-11-10-14-8-9-16(22)15(21)12-14/h8-9,12,22H,10-11,13,21H2,1-7H3. The monoisotopic (exact) mass is 335 g/mol. The van der Waals surface area contributed by atoms with Crippen LogP contribution >= 0.6 is 0 Å². The molecule has 0 aliphatic heterocycles. The first-order valence-corrected chi connectivity index (χ1v) is 8.51. The van der Waals surface area contributed by atoms with Crippen LogP contribution in [0.4, 0.5) is 5.69 Å². The highest BCUT2D eigenvalue weighted by Gasteiger charge is 2.47.